The van der Waals surface area contributed by atoms with Gasteiger partial charge in [-0.1, -0.05) is 24.3 Å². The van der Waals surface area contributed by atoms with Gasteiger partial charge in [-0.3, -0.25) is 0 Å². The second-order valence-corrected chi connectivity index (χ2v) is 3.91. The van der Waals surface area contributed by atoms with Gasteiger partial charge in [-0.05, 0) is 11.1 Å². The van der Waals surface area contributed by atoms with E-state index in [4.69, 9.17) is 10.5 Å². The third-order valence-electron chi connectivity index (χ3n) is 2.50. The maximum absolute atomic E-state index is 12.9. The molecular weight excluding hydrogens is 236 g/mol. The third-order valence-corrected chi connectivity index (χ3v) is 2.50. The lowest BCUT2D eigenvalue weighted by atomic mass is 10.1. The summed E-state index contributed by atoms with van der Waals surface area (Å²) in [4.78, 5) is 0. The van der Waals surface area contributed by atoms with Gasteiger partial charge in [0.05, 0.1) is 0 Å². The molecule has 0 aliphatic heterocycles. The predicted octanol–water partition coefficient (Wildman–Crippen LogP) is 3.00. The Morgan fingerprint density at radius 3 is 2.00 bits per heavy atom. The number of hydrogen-bond donors (Lipinski definition) is 1. The highest BCUT2D eigenvalue weighted by molar-refractivity contribution is 5.26. The van der Waals surface area contributed by atoms with Crippen molar-refractivity contribution < 1.29 is 13.5 Å². The second-order valence-electron chi connectivity index (χ2n) is 3.91. The van der Waals surface area contributed by atoms with Crippen molar-refractivity contribution in [2.24, 2.45) is 5.73 Å². The summed E-state index contributed by atoms with van der Waals surface area (Å²) in [7, 11) is 0. The average Bonchev–Trinajstić information content (AvgIpc) is 2.36. The fourth-order valence-electron chi connectivity index (χ4n) is 1.55. The molecule has 0 atom stereocenters. The number of ether oxygens (including phenoxy) is 1. The van der Waals surface area contributed by atoms with Crippen LogP contribution in [0.2, 0.25) is 0 Å². The van der Waals surface area contributed by atoms with E-state index in [0.717, 1.165) is 29.3 Å². The minimum atomic E-state index is -0.650. The number of nitrogens with two attached hydrogens (primary N) is 1. The van der Waals surface area contributed by atoms with E-state index in [1.807, 2.05) is 24.3 Å². The molecule has 2 aromatic rings. The van der Waals surface area contributed by atoms with E-state index in [1.165, 1.54) is 0 Å². The van der Waals surface area contributed by atoms with Crippen molar-refractivity contribution in [2.45, 2.75) is 13.2 Å². The highest BCUT2D eigenvalue weighted by Crippen LogP contribution is 2.17. The molecule has 2 N–H and O–H groups in total. The highest BCUT2D eigenvalue weighted by Gasteiger charge is 2.02. The van der Waals surface area contributed by atoms with Crippen LogP contribution in [0.3, 0.4) is 0 Å². The molecule has 0 unspecified atom stereocenters. The molecule has 0 aromatic heterocycles. The second kappa shape index (κ2) is 5.60. The van der Waals surface area contributed by atoms with E-state index in [2.05, 4.69) is 0 Å². The van der Waals surface area contributed by atoms with Crippen LogP contribution in [0.1, 0.15) is 11.1 Å². The van der Waals surface area contributed by atoms with Gasteiger partial charge in [0, 0.05) is 24.7 Å². The van der Waals surface area contributed by atoms with Gasteiger partial charge in [0.15, 0.2) is 0 Å². The molecule has 0 saturated heterocycles. The van der Waals surface area contributed by atoms with Crippen LogP contribution in [0.25, 0.3) is 0 Å². The monoisotopic (exact) mass is 249 g/mol. The fourth-order valence-corrected chi connectivity index (χ4v) is 1.55. The molecule has 0 bridgehead atoms. The third kappa shape index (κ3) is 3.28. The minimum absolute atomic E-state index is 0.176. The maximum atomic E-state index is 12.9. The van der Waals surface area contributed by atoms with Crippen LogP contribution in [0.4, 0.5) is 8.78 Å². The Morgan fingerprint density at radius 1 is 0.889 bits per heavy atom. The summed E-state index contributed by atoms with van der Waals surface area (Å²) in [5, 5.41) is 0. The van der Waals surface area contributed by atoms with Gasteiger partial charge >= 0.3 is 0 Å². The number of hydrogen-bond acceptors (Lipinski definition) is 2. The summed E-state index contributed by atoms with van der Waals surface area (Å²) in [6.45, 7) is 0.740. The Balaban J connectivity index is 2.01. The summed E-state index contributed by atoms with van der Waals surface area (Å²) in [6, 6.07) is 10.6. The standard InChI is InChI=1S/C14H13F2NO/c15-12-5-13(16)7-14(6-12)18-9-11-3-1-10(8-17)2-4-11/h1-7H,8-9,17H2. The lowest BCUT2D eigenvalue weighted by Gasteiger charge is -2.07. The average molecular weight is 249 g/mol. The molecule has 4 heteroatoms. The number of benzene rings is 2. The quantitative estimate of drug-likeness (QED) is 0.904. The van der Waals surface area contributed by atoms with Gasteiger partial charge in [-0.15, -0.1) is 0 Å². The van der Waals surface area contributed by atoms with Crippen molar-refractivity contribution in [1.29, 1.82) is 0 Å². The summed E-state index contributed by atoms with van der Waals surface area (Å²) < 4.78 is 31.2. The molecule has 0 aliphatic rings. The van der Waals surface area contributed by atoms with E-state index >= 15 is 0 Å². The van der Waals surface area contributed by atoms with Gasteiger partial charge < -0.3 is 10.5 Å². The zero-order valence-corrected chi connectivity index (χ0v) is 9.70. The van der Waals surface area contributed by atoms with E-state index in [1.54, 1.807) is 0 Å². The van der Waals surface area contributed by atoms with Gasteiger partial charge in [0.1, 0.15) is 24.0 Å². The molecule has 0 aliphatic carbocycles. The van der Waals surface area contributed by atoms with E-state index in [-0.39, 0.29) is 12.4 Å². The fraction of sp³-hybridized carbons (Fsp3) is 0.143. The topological polar surface area (TPSA) is 35.2 Å². The SMILES string of the molecule is NCc1ccc(COc2cc(F)cc(F)c2)cc1. The molecule has 0 radical (unpaired) electrons. The first kappa shape index (κ1) is 12.5. The van der Waals surface area contributed by atoms with Crippen LogP contribution < -0.4 is 10.5 Å². The van der Waals surface area contributed by atoms with Crippen molar-refractivity contribution in [3.63, 3.8) is 0 Å². The van der Waals surface area contributed by atoms with Crippen LogP contribution >= 0.6 is 0 Å². The Kier molecular flexibility index (Phi) is 3.89. The Bertz CT molecular complexity index is 506. The van der Waals surface area contributed by atoms with E-state index in [0.29, 0.717) is 6.54 Å². The number of halogens is 2. The normalized spacial score (nSPS) is 10.4. The highest BCUT2D eigenvalue weighted by atomic mass is 19.1. The van der Waals surface area contributed by atoms with Crippen LogP contribution in [0, 0.1) is 11.6 Å². The molecule has 0 heterocycles. The molecule has 0 saturated carbocycles. The molecule has 0 spiro atoms. The molecular formula is C14H13F2NO. The van der Waals surface area contributed by atoms with Crippen LogP contribution in [0.15, 0.2) is 42.5 Å². The van der Waals surface area contributed by atoms with Crippen molar-refractivity contribution in [2.75, 3.05) is 0 Å². The maximum Gasteiger partial charge on any atom is 0.129 e. The van der Waals surface area contributed by atoms with Crippen molar-refractivity contribution in [3.05, 3.63) is 65.2 Å². The van der Waals surface area contributed by atoms with E-state index in [9.17, 15) is 8.78 Å². The first-order valence-electron chi connectivity index (χ1n) is 5.54. The van der Waals surface area contributed by atoms with Crippen molar-refractivity contribution >= 4 is 0 Å². The lowest BCUT2D eigenvalue weighted by Crippen LogP contribution is -1.99. The zero-order valence-electron chi connectivity index (χ0n) is 9.70. The molecule has 0 amide bonds. The summed E-state index contributed by atoms with van der Waals surface area (Å²) >= 11 is 0. The Hall–Kier alpha value is -1.94. The van der Waals surface area contributed by atoms with Gasteiger partial charge in [-0.25, -0.2) is 8.78 Å². The van der Waals surface area contributed by atoms with Gasteiger partial charge in [0.2, 0.25) is 0 Å². The smallest absolute Gasteiger partial charge is 0.129 e. The molecule has 2 aromatic carbocycles. The summed E-state index contributed by atoms with van der Waals surface area (Å²) in [5.74, 6) is -1.12. The van der Waals surface area contributed by atoms with Crippen LogP contribution in [-0.2, 0) is 13.2 Å². The lowest BCUT2D eigenvalue weighted by molar-refractivity contribution is 0.302. The van der Waals surface area contributed by atoms with Crippen molar-refractivity contribution in [3.8, 4) is 5.75 Å². The predicted molar refractivity (Wildman–Crippen MR) is 65.0 cm³/mol. The first-order chi connectivity index (χ1) is 8.67. The van der Waals surface area contributed by atoms with Crippen molar-refractivity contribution in [1.82, 2.24) is 0 Å². The molecule has 2 nitrogen and oxygen atoms in total. The molecule has 2 rings (SSSR count). The van der Waals surface area contributed by atoms with Gasteiger partial charge in [0.25, 0.3) is 0 Å². The summed E-state index contributed by atoms with van der Waals surface area (Å²) in [5.41, 5.74) is 7.42. The molecule has 18 heavy (non-hydrogen) atoms. The van der Waals surface area contributed by atoms with Gasteiger partial charge in [-0.2, -0.15) is 0 Å². The minimum Gasteiger partial charge on any atom is -0.489 e. The number of rotatable bonds is 4. The Morgan fingerprint density at radius 2 is 1.44 bits per heavy atom. The van der Waals surface area contributed by atoms with E-state index < -0.39 is 11.6 Å². The van der Waals surface area contributed by atoms with Crippen LogP contribution in [0.5, 0.6) is 5.75 Å². The molecule has 94 valence electrons. The zero-order chi connectivity index (χ0) is 13.0. The first-order valence-corrected chi connectivity index (χ1v) is 5.54. The Labute approximate surface area is 104 Å². The summed E-state index contributed by atoms with van der Waals surface area (Å²) in [6.07, 6.45) is 0. The largest absolute Gasteiger partial charge is 0.489 e. The molecule has 0 fully saturated rings. The van der Waals surface area contributed by atoms with Crippen LogP contribution in [-0.4, -0.2) is 0 Å².